The number of carbonyl (C=O) groups excluding carboxylic acids is 1. The minimum absolute atomic E-state index is 0.103. The number of hydrogen-bond donors (Lipinski definition) is 0. The summed E-state index contributed by atoms with van der Waals surface area (Å²) in [5, 5.41) is 0. The number of ether oxygens (including phenoxy) is 1. The first-order valence-corrected chi connectivity index (χ1v) is 18.8. The summed E-state index contributed by atoms with van der Waals surface area (Å²) >= 11 is 0. The van der Waals surface area contributed by atoms with Crippen molar-refractivity contribution in [3.8, 4) is 0 Å². The highest BCUT2D eigenvalue weighted by Gasteiger charge is 2.19. The van der Waals surface area contributed by atoms with E-state index in [4.69, 9.17) is 4.74 Å². The van der Waals surface area contributed by atoms with Gasteiger partial charge in [0.25, 0.3) is 0 Å². The lowest BCUT2D eigenvalue weighted by Crippen LogP contribution is -2.18. The third kappa shape index (κ3) is 30.4. The molecule has 2 nitrogen and oxygen atoms in total. The van der Waals surface area contributed by atoms with Gasteiger partial charge in [-0.2, -0.15) is 0 Å². The predicted molar refractivity (Wildman–Crippen MR) is 179 cm³/mol. The van der Waals surface area contributed by atoms with Crippen LogP contribution in [0.2, 0.25) is 0 Å². The predicted octanol–water partition coefficient (Wildman–Crippen LogP) is 13.5. The van der Waals surface area contributed by atoms with E-state index in [0.717, 1.165) is 25.2 Å². The van der Waals surface area contributed by atoms with Gasteiger partial charge in [0.05, 0.1) is 12.5 Å². The molecular formula is C38H76O2. The zero-order valence-corrected chi connectivity index (χ0v) is 28.4. The molecule has 0 fully saturated rings. The zero-order valence-electron chi connectivity index (χ0n) is 28.4. The summed E-state index contributed by atoms with van der Waals surface area (Å²) in [7, 11) is 0. The molecule has 240 valence electrons. The number of rotatable bonds is 33. The van der Waals surface area contributed by atoms with Crippen LogP contribution in [0.4, 0.5) is 0 Å². The van der Waals surface area contributed by atoms with E-state index in [2.05, 4.69) is 27.7 Å². The second-order valence-corrected chi connectivity index (χ2v) is 13.5. The van der Waals surface area contributed by atoms with Crippen LogP contribution < -0.4 is 0 Å². The van der Waals surface area contributed by atoms with Crippen molar-refractivity contribution in [2.45, 2.75) is 220 Å². The maximum atomic E-state index is 12.9. The lowest BCUT2D eigenvalue weighted by Gasteiger charge is -2.16. The van der Waals surface area contributed by atoms with Crippen molar-refractivity contribution in [3.63, 3.8) is 0 Å². The molecule has 1 unspecified atom stereocenters. The molecule has 0 aliphatic heterocycles. The third-order valence-corrected chi connectivity index (χ3v) is 8.82. The van der Waals surface area contributed by atoms with Crippen LogP contribution in [0, 0.1) is 11.8 Å². The Bertz CT molecular complexity index is 486. The van der Waals surface area contributed by atoms with Crippen molar-refractivity contribution in [1.29, 1.82) is 0 Å². The largest absolute Gasteiger partial charge is 0.465 e. The molecule has 0 N–H and O–H groups in total. The molecule has 0 saturated carbocycles. The van der Waals surface area contributed by atoms with Gasteiger partial charge < -0.3 is 4.74 Å². The Labute approximate surface area is 254 Å². The summed E-state index contributed by atoms with van der Waals surface area (Å²) in [5.74, 6) is 1.00. The molecule has 1 atom stereocenters. The molecular weight excluding hydrogens is 488 g/mol. The van der Waals surface area contributed by atoms with Crippen molar-refractivity contribution in [3.05, 3.63) is 0 Å². The quantitative estimate of drug-likeness (QED) is 0.0585. The van der Waals surface area contributed by atoms with Gasteiger partial charge in [-0.3, -0.25) is 4.79 Å². The average molecular weight is 565 g/mol. The Kier molecular flexibility index (Phi) is 32.5. The lowest BCUT2D eigenvalue weighted by molar-refractivity contribution is -0.149. The first-order chi connectivity index (χ1) is 19.6. The van der Waals surface area contributed by atoms with E-state index >= 15 is 0 Å². The molecule has 0 saturated heterocycles. The van der Waals surface area contributed by atoms with Gasteiger partial charge in [-0.1, -0.05) is 201 Å². The van der Waals surface area contributed by atoms with Gasteiger partial charge >= 0.3 is 5.97 Å². The normalized spacial score (nSPS) is 12.3. The number of carbonyl (C=O) groups is 1. The summed E-state index contributed by atoms with van der Waals surface area (Å²) in [6.07, 6.45) is 39.8. The number of unbranched alkanes of at least 4 members (excludes halogenated alkanes) is 24. The van der Waals surface area contributed by atoms with Crippen LogP contribution in [0.25, 0.3) is 0 Å². The van der Waals surface area contributed by atoms with E-state index in [1.54, 1.807) is 0 Å². The van der Waals surface area contributed by atoms with Crippen molar-refractivity contribution >= 4 is 5.97 Å². The van der Waals surface area contributed by atoms with Crippen LogP contribution in [0.5, 0.6) is 0 Å². The van der Waals surface area contributed by atoms with E-state index in [1.807, 2.05) is 0 Å². The fourth-order valence-corrected chi connectivity index (χ4v) is 5.97. The van der Waals surface area contributed by atoms with E-state index in [0.29, 0.717) is 6.61 Å². The molecule has 0 aromatic heterocycles. The van der Waals surface area contributed by atoms with Crippen LogP contribution in [0.15, 0.2) is 0 Å². The topological polar surface area (TPSA) is 26.3 Å². The zero-order chi connectivity index (χ0) is 29.4. The molecule has 0 bridgehead atoms. The van der Waals surface area contributed by atoms with Gasteiger partial charge in [-0.25, -0.2) is 0 Å². The van der Waals surface area contributed by atoms with Crippen LogP contribution in [-0.2, 0) is 9.53 Å². The van der Waals surface area contributed by atoms with Crippen molar-refractivity contribution in [2.24, 2.45) is 11.8 Å². The minimum atomic E-state index is 0.103. The van der Waals surface area contributed by atoms with Gasteiger partial charge in [-0.05, 0) is 25.2 Å². The van der Waals surface area contributed by atoms with Gasteiger partial charge in [-0.15, -0.1) is 0 Å². The first-order valence-electron chi connectivity index (χ1n) is 18.8. The Morgan fingerprint density at radius 3 is 1.10 bits per heavy atom. The summed E-state index contributed by atoms with van der Waals surface area (Å²) in [6, 6.07) is 0. The average Bonchev–Trinajstić information content (AvgIpc) is 2.94. The Hall–Kier alpha value is -0.530. The lowest BCUT2D eigenvalue weighted by atomic mass is 9.93. The SMILES string of the molecule is CCCCCCCCCCCCCCCCOC(=O)C(CCCCCCCCCCCCC)CCCCC(C)C. The van der Waals surface area contributed by atoms with Crippen molar-refractivity contribution in [2.75, 3.05) is 6.61 Å². The van der Waals surface area contributed by atoms with E-state index in [9.17, 15) is 4.79 Å². The van der Waals surface area contributed by atoms with Gasteiger partial charge in [0, 0.05) is 0 Å². The molecule has 2 heteroatoms. The molecule has 0 aromatic rings. The highest BCUT2D eigenvalue weighted by Crippen LogP contribution is 2.22. The van der Waals surface area contributed by atoms with E-state index in [-0.39, 0.29) is 11.9 Å². The molecule has 0 aliphatic rings. The Morgan fingerprint density at radius 1 is 0.425 bits per heavy atom. The molecule has 0 aromatic carbocycles. The maximum absolute atomic E-state index is 12.9. The van der Waals surface area contributed by atoms with E-state index in [1.165, 1.54) is 173 Å². The Morgan fingerprint density at radius 2 is 0.725 bits per heavy atom. The maximum Gasteiger partial charge on any atom is 0.308 e. The van der Waals surface area contributed by atoms with Crippen LogP contribution in [0.1, 0.15) is 220 Å². The van der Waals surface area contributed by atoms with Crippen LogP contribution >= 0.6 is 0 Å². The molecule has 0 heterocycles. The summed E-state index contributed by atoms with van der Waals surface area (Å²) in [4.78, 5) is 12.9. The number of esters is 1. The van der Waals surface area contributed by atoms with Crippen LogP contribution in [0.3, 0.4) is 0 Å². The summed E-state index contributed by atoms with van der Waals surface area (Å²) in [6.45, 7) is 9.81. The molecule has 0 radical (unpaired) electrons. The smallest absolute Gasteiger partial charge is 0.308 e. The number of hydrogen-bond acceptors (Lipinski definition) is 2. The highest BCUT2D eigenvalue weighted by atomic mass is 16.5. The minimum Gasteiger partial charge on any atom is -0.465 e. The fraction of sp³-hybridized carbons (Fsp3) is 0.974. The Balaban J connectivity index is 3.85. The van der Waals surface area contributed by atoms with Gasteiger partial charge in [0.1, 0.15) is 0 Å². The molecule has 0 spiro atoms. The molecule has 0 aliphatic carbocycles. The van der Waals surface area contributed by atoms with E-state index < -0.39 is 0 Å². The fourth-order valence-electron chi connectivity index (χ4n) is 5.97. The van der Waals surface area contributed by atoms with Crippen molar-refractivity contribution < 1.29 is 9.53 Å². The standard InChI is InChI=1S/C38H76O2/c1-5-7-9-11-13-15-17-18-19-21-23-25-27-31-35-40-38(39)37(34-30-29-32-36(3)4)33-28-26-24-22-20-16-14-12-10-8-6-2/h36-37H,5-35H2,1-4H3. The third-order valence-electron chi connectivity index (χ3n) is 8.82. The molecule has 0 rings (SSSR count). The molecule has 40 heavy (non-hydrogen) atoms. The molecule has 0 amide bonds. The second kappa shape index (κ2) is 33.0. The second-order valence-electron chi connectivity index (χ2n) is 13.5. The van der Waals surface area contributed by atoms with Gasteiger partial charge in [0.15, 0.2) is 0 Å². The van der Waals surface area contributed by atoms with Crippen molar-refractivity contribution in [1.82, 2.24) is 0 Å². The summed E-state index contributed by atoms with van der Waals surface area (Å²) in [5.41, 5.74) is 0. The van der Waals surface area contributed by atoms with Gasteiger partial charge in [0.2, 0.25) is 0 Å². The highest BCUT2D eigenvalue weighted by molar-refractivity contribution is 5.72. The van der Waals surface area contributed by atoms with Crippen LogP contribution in [-0.4, -0.2) is 12.6 Å². The monoisotopic (exact) mass is 565 g/mol. The first kappa shape index (κ1) is 39.5. The summed E-state index contributed by atoms with van der Waals surface area (Å²) < 4.78 is 5.80.